The van der Waals surface area contributed by atoms with E-state index >= 15 is 0 Å². The van der Waals surface area contributed by atoms with Gasteiger partial charge in [0.25, 0.3) is 0 Å². The predicted octanol–water partition coefficient (Wildman–Crippen LogP) is 10.1. The first kappa shape index (κ1) is 23.1. The van der Waals surface area contributed by atoms with E-state index in [1.54, 1.807) is 33.4 Å². The van der Waals surface area contributed by atoms with Crippen LogP contribution in [0.2, 0.25) is 0 Å². The maximum Gasteiger partial charge on any atom is 0.0411 e. The molecule has 8 rings (SSSR count). The van der Waals surface area contributed by atoms with E-state index in [-0.39, 0.29) is 0 Å². The third-order valence-electron chi connectivity index (χ3n) is 11.3. The van der Waals surface area contributed by atoms with Crippen molar-refractivity contribution in [3.63, 3.8) is 0 Å². The highest BCUT2D eigenvalue weighted by Gasteiger charge is 2.46. The summed E-state index contributed by atoms with van der Waals surface area (Å²) in [4.78, 5) is 2.48. The Morgan fingerprint density at radius 3 is 1.47 bits per heavy atom. The monoisotopic (exact) mass is 499 g/mol. The second-order valence-corrected chi connectivity index (χ2v) is 13.0. The number of rotatable bonds is 2. The Morgan fingerprint density at radius 1 is 0.579 bits per heavy atom. The van der Waals surface area contributed by atoms with E-state index < -0.39 is 0 Å². The fourth-order valence-corrected chi connectivity index (χ4v) is 9.50. The lowest BCUT2D eigenvalue weighted by Gasteiger charge is -2.39. The number of anilines is 2. The lowest BCUT2D eigenvalue weighted by Crippen LogP contribution is -2.30. The molecular weight excluding hydrogens is 458 g/mol. The Morgan fingerprint density at radius 2 is 1.03 bits per heavy atom. The molecule has 0 radical (unpaired) electrons. The van der Waals surface area contributed by atoms with Crippen molar-refractivity contribution in [3.05, 3.63) is 94.1 Å². The van der Waals surface area contributed by atoms with Crippen LogP contribution in [0.25, 0.3) is 11.1 Å². The SMILES string of the molecule is CN(c1ccc2c(c1)C1(CCCCC1)C1=C2C=CCC1)c1ccc2c(c1)C1(CCCCC1)C1=C2C=CCC1. The molecule has 194 valence electrons. The second-order valence-electron chi connectivity index (χ2n) is 13.0. The molecule has 2 spiro atoms. The zero-order valence-electron chi connectivity index (χ0n) is 23.1. The molecule has 0 N–H and O–H groups in total. The molecule has 6 aliphatic carbocycles. The van der Waals surface area contributed by atoms with E-state index in [4.69, 9.17) is 0 Å². The maximum absolute atomic E-state index is 2.59. The third kappa shape index (κ3) is 3.11. The van der Waals surface area contributed by atoms with Crippen molar-refractivity contribution in [1.82, 2.24) is 0 Å². The van der Waals surface area contributed by atoms with Gasteiger partial charge in [-0.2, -0.15) is 0 Å². The molecule has 0 unspecified atom stereocenters. The number of fused-ring (bicyclic) bond motifs is 8. The number of benzene rings is 2. The highest BCUT2D eigenvalue weighted by Crippen LogP contribution is 2.59. The second kappa shape index (κ2) is 8.60. The standard InChI is InChI=1S/C37H41N/c1-38(26-16-18-30-28-12-4-6-14-32(28)36(34(30)24-26)20-8-2-9-21-36)27-17-19-31-29-13-5-7-15-33(29)37(35(31)25-27)22-10-3-11-23-37/h4-5,12-13,16-19,24-25H,2-3,6-11,14-15,20-23H2,1H3. The van der Waals surface area contributed by atoms with Crippen LogP contribution < -0.4 is 4.90 Å². The van der Waals surface area contributed by atoms with E-state index in [2.05, 4.69) is 72.6 Å². The minimum atomic E-state index is 0.296. The summed E-state index contributed by atoms with van der Waals surface area (Å²) in [7, 11) is 2.30. The fraction of sp³-hybridized carbons (Fsp3) is 0.459. The topological polar surface area (TPSA) is 3.24 Å². The summed E-state index contributed by atoms with van der Waals surface area (Å²) in [5.74, 6) is 0. The Balaban J connectivity index is 1.20. The Hall–Kier alpha value is -2.80. The quantitative estimate of drug-likeness (QED) is 0.397. The molecule has 1 heteroatoms. The molecule has 1 nitrogen and oxygen atoms in total. The van der Waals surface area contributed by atoms with Crippen molar-refractivity contribution >= 4 is 22.5 Å². The van der Waals surface area contributed by atoms with Crippen molar-refractivity contribution in [2.24, 2.45) is 0 Å². The molecule has 2 aromatic carbocycles. The minimum Gasteiger partial charge on any atom is -0.345 e. The van der Waals surface area contributed by atoms with Crippen LogP contribution in [-0.4, -0.2) is 7.05 Å². The average Bonchev–Trinajstić information content (AvgIpc) is 3.40. The Labute approximate surface area is 229 Å². The number of allylic oxidation sites excluding steroid dienone is 8. The largest absolute Gasteiger partial charge is 0.345 e. The van der Waals surface area contributed by atoms with Crippen molar-refractivity contribution in [2.75, 3.05) is 11.9 Å². The smallest absolute Gasteiger partial charge is 0.0411 e. The van der Waals surface area contributed by atoms with Crippen LogP contribution in [0.3, 0.4) is 0 Å². The predicted molar refractivity (Wildman–Crippen MR) is 161 cm³/mol. The highest BCUT2D eigenvalue weighted by atomic mass is 15.1. The molecule has 6 aliphatic rings. The van der Waals surface area contributed by atoms with Crippen LogP contribution >= 0.6 is 0 Å². The lowest BCUT2D eigenvalue weighted by molar-refractivity contribution is 0.338. The first-order valence-corrected chi connectivity index (χ1v) is 15.6. The van der Waals surface area contributed by atoms with Crippen LogP contribution in [0.5, 0.6) is 0 Å². The summed E-state index contributed by atoms with van der Waals surface area (Å²) >= 11 is 0. The number of nitrogens with zero attached hydrogens (tertiary/aromatic N) is 1. The Kier molecular flexibility index (Phi) is 5.23. The summed E-state index contributed by atoms with van der Waals surface area (Å²) in [6, 6.07) is 14.9. The third-order valence-corrected chi connectivity index (χ3v) is 11.3. The van der Waals surface area contributed by atoms with Crippen molar-refractivity contribution in [2.45, 2.75) is 101 Å². The first-order chi connectivity index (χ1) is 18.7. The van der Waals surface area contributed by atoms with E-state index in [1.165, 1.54) is 112 Å². The molecule has 2 saturated carbocycles. The molecule has 0 aromatic heterocycles. The lowest BCUT2D eigenvalue weighted by atomic mass is 9.65. The van der Waals surface area contributed by atoms with Gasteiger partial charge in [0.15, 0.2) is 0 Å². The van der Waals surface area contributed by atoms with Gasteiger partial charge in [0.2, 0.25) is 0 Å². The van der Waals surface area contributed by atoms with Gasteiger partial charge < -0.3 is 4.90 Å². The van der Waals surface area contributed by atoms with Gasteiger partial charge in [-0.1, -0.05) is 86.1 Å². The van der Waals surface area contributed by atoms with E-state index in [0.29, 0.717) is 10.8 Å². The molecule has 0 amide bonds. The molecular formula is C37H41N. The van der Waals surface area contributed by atoms with Crippen LogP contribution in [0.15, 0.2) is 71.8 Å². The van der Waals surface area contributed by atoms with Gasteiger partial charge in [-0.3, -0.25) is 0 Å². The molecule has 0 saturated heterocycles. The van der Waals surface area contributed by atoms with Crippen LogP contribution in [-0.2, 0) is 10.8 Å². The summed E-state index contributed by atoms with van der Waals surface area (Å²) in [6.07, 6.45) is 28.3. The molecule has 2 aromatic rings. The summed E-state index contributed by atoms with van der Waals surface area (Å²) < 4.78 is 0. The van der Waals surface area contributed by atoms with Crippen molar-refractivity contribution in [1.29, 1.82) is 0 Å². The summed E-state index contributed by atoms with van der Waals surface area (Å²) in [5, 5.41) is 0. The molecule has 2 fully saturated rings. The normalized spacial score (nSPS) is 24.0. The van der Waals surface area contributed by atoms with Crippen LogP contribution in [0.4, 0.5) is 11.4 Å². The van der Waals surface area contributed by atoms with Gasteiger partial charge in [0.05, 0.1) is 0 Å². The summed E-state index contributed by atoms with van der Waals surface area (Å²) in [6.45, 7) is 0. The zero-order chi connectivity index (χ0) is 25.3. The fourth-order valence-electron chi connectivity index (χ4n) is 9.50. The van der Waals surface area contributed by atoms with Gasteiger partial charge in [-0.25, -0.2) is 0 Å². The van der Waals surface area contributed by atoms with Gasteiger partial charge in [-0.05, 0) is 109 Å². The van der Waals surface area contributed by atoms with E-state index in [0.717, 1.165) is 0 Å². The maximum atomic E-state index is 2.59. The zero-order valence-corrected chi connectivity index (χ0v) is 23.1. The number of hydrogen-bond acceptors (Lipinski definition) is 1. The average molecular weight is 500 g/mol. The summed E-state index contributed by atoms with van der Waals surface area (Å²) in [5.41, 5.74) is 16.2. The highest BCUT2D eigenvalue weighted by molar-refractivity contribution is 5.90. The molecule has 0 heterocycles. The molecule has 0 bridgehead atoms. The number of hydrogen-bond donors (Lipinski definition) is 0. The molecule has 0 aliphatic heterocycles. The minimum absolute atomic E-state index is 0.296. The van der Waals surface area contributed by atoms with Crippen molar-refractivity contribution in [3.8, 4) is 0 Å². The van der Waals surface area contributed by atoms with Gasteiger partial charge in [0.1, 0.15) is 0 Å². The van der Waals surface area contributed by atoms with Gasteiger partial charge in [-0.15, -0.1) is 0 Å². The molecule has 38 heavy (non-hydrogen) atoms. The van der Waals surface area contributed by atoms with E-state index in [1.807, 2.05) is 0 Å². The first-order valence-electron chi connectivity index (χ1n) is 15.6. The van der Waals surface area contributed by atoms with E-state index in [9.17, 15) is 0 Å². The van der Waals surface area contributed by atoms with Crippen LogP contribution in [0, 0.1) is 0 Å². The van der Waals surface area contributed by atoms with Crippen molar-refractivity contribution < 1.29 is 0 Å². The van der Waals surface area contributed by atoms with Gasteiger partial charge in [0, 0.05) is 29.3 Å². The molecule has 0 atom stereocenters. The Bertz CT molecular complexity index is 1320. The van der Waals surface area contributed by atoms with Crippen LogP contribution in [0.1, 0.15) is 112 Å². The van der Waals surface area contributed by atoms with Gasteiger partial charge >= 0.3 is 0 Å².